The van der Waals surface area contributed by atoms with Gasteiger partial charge in [-0.2, -0.15) is 0 Å². The van der Waals surface area contributed by atoms with Crippen molar-refractivity contribution < 1.29 is 54.8 Å². The summed E-state index contributed by atoms with van der Waals surface area (Å²) in [5, 5.41) is 0. The van der Waals surface area contributed by atoms with Crippen LogP contribution < -0.4 is 16.8 Å². The molecule has 6 nitrogen and oxygen atoms in total. The Hall–Kier alpha value is 0.720. The fourth-order valence-electron chi connectivity index (χ4n) is 0. The van der Waals surface area contributed by atoms with E-state index in [0.717, 1.165) is 0 Å². The summed E-state index contributed by atoms with van der Waals surface area (Å²) in [6.45, 7) is 0. The molecule has 0 aromatic heterocycles. The summed E-state index contributed by atoms with van der Waals surface area (Å²) in [6.07, 6.45) is 0. The summed E-state index contributed by atoms with van der Waals surface area (Å²) in [7, 11) is 0. The first kappa shape index (κ1) is 11.5. The Kier molecular flexibility index (Phi) is 11.1. The van der Waals surface area contributed by atoms with Crippen molar-refractivity contribution in [2.24, 2.45) is 0 Å². The van der Waals surface area contributed by atoms with E-state index >= 15 is 0 Å². The molecule has 0 atom stereocenters. The minimum Gasteiger partial charge on any atom is -0.372 e. The number of rotatable bonds is 0. The van der Waals surface area contributed by atoms with Crippen LogP contribution in [0.25, 0.3) is 0 Å². The van der Waals surface area contributed by atoms with Crippen molar-refractivity contribution in [2.75, 3.05) is 0 Å². The molecule has 0 fully saturated rings. The van der Waals surface area contributed by atoms with Crippen LogP contribution in [0.2, 0.25) is 0 Å². The molecule has 0 saturated carbocycles. The van der Waals surface area contributed by atoms with Gasteiger partial charge in [0.15, 0.2) is 0 Å². The van der Waals surface area contributed by atoms with Crippen LogP contribution in [0.4, 0.5) is 0 Å². The van der Waals surface area contributed by atoms with Crippen molar-refractivity contribution in [3.8, 4) is 0 Å². The lowest BCUT2D eigenvalue weighted by molar-refractivity contribution is -1.63. The Morgan fingerprint density at radius 1 is 0.750 bits per heavy atom. The standard InChI is InChI=1S/2BrHO3/c2*2-1(3)4/h2*2H. The Bertz CT molecular complexity index is 22.0. The molecule has 0 amide bonds. The van der Waals surface area contributed by atoms with Crippen LogP contribution in [0.5, 0.6) is 0 Å². The summed E-state index contributed by atoms with van der Waals surface area (Å²) in [6, 6.07) is 0. The third-order valence-electron chi connectivity index (χ3n) is 0. The highest BCUT2D eigenvalue weighted by molar-refractivity contribution is 1.94. The molecular weight excluding hydrogens is 256 g/mol. The normalized spacial score (nSPS) is 9.00. The first-order chi connectivity index (χ1) is 3.46. The van der Waals surface area contributed by atoms with Gasteiger partial charge in [-0.05, 0) is 8.40 Å². The van der Waals surface area contributed by atoms with Crippen molar-refractivity contribution in [1.82, 2.24) is 0 Å². The highest BCUT2D eigenvalue weighted by Crippen LogP contribution is 1.38. The lowest BCUT2D eigenvalue weighted by Crippen LogP contribution is -2.30. The molecule has 0 aromatic rings. The molecule has 0 spiro atoms. The Morgan fingerprint density at radius 2 is 0.750 bits per heavy atom. The van der Waals surface area contributed by atoms with Gasteiger partial charge in [-0.1, -0.05) is 0 Å². The average molecular weight is 258 g/mol. The van der Waals surface area contributed by atoms with Crippen LogP contribution in [0, 0.1) is 29.6 Å². The summed E-state index contributed by atoms with van der Waals surface area (Å²) >= 11 is -6.79. The Labute approximate surface area is 55.3 Å². The molecule has 0 aliphatic rings. The molecule has 0 radical (unpaired) electrons. The maximum Gasteiger partial charge on any atom is 0.433 e. The van der Waals surface area contributed by atoms with Gasteiger partial charge >= 0.3 is 29.6 Å². The molecule has 0 heterocycles. The summed E-state index contributed by atoms with van der Waals surface area (Å²) in [5.41, 5.74) is 0. The van der Waals surface area contributed by atoms with Gasteiger partial charge in [0.2, 0.25) is 0 Å². The fraction of sp³-hybridized carbons (Fsp3) is 0. The monoisotopic (exact) mass is 256 g/mol. The predicted octanol–water partition coefficient (Wildman–Crippen LogP) is -5.87. The maximum atomic E-state index is 8.63. The summed E-state index contributed by atoms with van der Waals surface area (Å²) in [4.78, 5) is 0. The number of hydrogen-bond donors (Lipinski definition) is 2. The van der Waals surface area contributed by atoms with Gasteiger partial charge in [0, 0.05) is 0 Å². The van der Waals surface area contributed by atoms with Gasteiger partial charge in [0.25, 0.3) is 0 Å². The molecule has 8 heavy (non-hydrogen) atoms. The van der Waals surface area contributed by atoms with Crippen LogP contribution in [0.1, 0.15) is 0 Å². The number of hydrogen-bond acceptors (Lipinski definition) is 6. The predicted molar refractivity (Wildman–Crippen MR) is 4.44 cm³/mol. The van der Waals surface area contributed by atoms with Crippen LogP contribution in [0.3, 0.4) is 0 Å². The van der Waals surface area contributed by atoms with Crippen LogP contribution in [-0.4, -0.2) is 8.40 Å². The second kappa shape index (κ2) is 7.72. The SMILES string of the molecule is [O-][Br+2]([O-])O.[O-][Br+2]([O-])O. The Balaban J connectivity index is 0. The van der Waals surface area contributed by atoms with E-state index in [4.69, 9.17) is 25.2 Å². The average Bonchev–Trinajstić information content (AvgIpc) is 1.25. The highest BCUT2D eigenvalue weighted by atomic mass is 80.0. The van der Waals surface area contributed by atoms with Crippen molar-refractivity contribution in [1.29, 1.82) is 0 Å². The van der Waals surface area contributed by atoms with E-state index in [0.29, 0.717) is 0 Å². The van der Waals surface area contributed by atoms with Gasteiger partial charge in [-0.3, -0.25) is 0 Å². The first-order valence-electron chi connectivity index (χ1n) is 0.955. The van der Waals surface area contributed by atoms with Gasteiger partial charge in [-0.25, -0.2) is 0 Å². The van der Waals surface area contributed by atoms with Gasteiger partial charge in [0.1, 0.15) is 0 Å². The highest BCUT2D eigenvalue weighted by Gasteiger charge is 1.86. The molecular formula is H2Br2O6. The molecule has 0 aromatic carbocycles. The molecule has 0 bridgehead atoms. The largest absolute Gasteiger partial charge is 0.433 e. The van der Waals surface area contributed by atoms with E-state index in [9.17, 15) is 0 Å². The third-order valence-corrected chi connectivity index (χ3v) is 0. The minimum absolute atomic E-state index is 3.40. The zero-order chi connectivity index (χ0) is 7.15. The van der Waals surface area contributed by atoms with Crippen LogP contribution >= 0.6 is 0 Å². The lowest BCUT2D eigenvalue weighted by Gasteiger charge is -1.69. The van der Waals surface area contributed by atoms with E-state index in [-0.39, 0.29) is 0 Å². The minimum atomic E-state index is -3.40. The van der Waals surface area contributed by atoms with Gasteiger partial charge in [0.05, 0.1) is 0 Å². The van der Waals surface area contributed by atoms with Crippen molar-refractivity contribution >= 4 is 0 Å². The number of halogens is 2. The summed E-state index contributed by atoms with van der Waals surface area (Å²) < 4.78 is 48.6. The molecule has 52 valence electrons. The van der Waals surface area contributed by atoms with Gasteiger partial charge in [-0.15, -0.1) is 0 Å². The quantitative estimate of drug-likeness (QED) is 0.444. The topological polar surface area (TPSA) is 133 Å². The lowest BCUT2D eigenvalue weighted by atomic mass is 16.0. The van der Waals surface area contributed by atoms with E-state index in [1.54, 1.807) is 0 Å². The van der Waals surface area contributed by atoms with Crippen molar-refractivity contribution in [2.45, 2.75) is 0 Å². The van der Waals surface area contributed by atoms with E-state index in [1.807, 2.05) is 0 Å². The van der Waals surface area contributed by atoms with E-state index in [1.165, 1.54) is 0 Å². The molecule has 2 N–H and O–H groups in total. The molecule has 0 aliphatic carbocycles. The van der Waals surface area contributed by atoms with Crippen LogP contribution in [-0.2, 0) is 0 Å². The third kappa shape index (κ3) is 424. The second-order valence-electron chi connectivity index (χ2n) is 0.402. The molecule has 0 saturated heterocycles. The smallest absolute Gasteiger partial charge is 0.372 e. The first-order valence-corrected chi connectivity index (χ1v) is 4.96. The van der Waals surface area contributed by atoms with E-state index in [2.05, 4.69) is 0 Å². The van der Waals surface area contributed by atoms with E-state index < -0.39 is 29.6 Å². The molecule has 8 heteroatoms. The molecule has 0 aliphatic heterocycles. The summed E-state index contributed by atoms with van der Waals surface area (Å²) in [5.74, 6) is 0. The zero-order valence-electron chi connectivity index (χ0n) is 3.28. The van der Waals surface area contributed by atoms with Crippen molar-refractivity contribution in [3.05, 3.63) is 0 Å². The maximum absolute atomic E-state index is 8.63. The van der Waals surface area contributed by atoms with Gasteiger partial charge < -0.3 is 16.8 Å². The molecule has 0 rings (SSSR count). The molecule has 0 unspecified atom stereocenters. The van der Waals surface area contributed by atoms with Crippen molar-refractivity contribution in [3.63, 3.8) is 0 Å². The second-order valence-corrected chi connectivity index (χ2v) is 2.09. The van der Waals surface area contributed by atoms with Crippen LogP contribution in [0.15, 0.2) is 0 Å². The fourth-order valence-corrected chi connectivity index (χ4v) is 0. The Morgan fingerprint density at radius 3 is 0.750 bits per heavy atom. The zero-order valence-corrected chi connectivity index (χ0v) is 6.46.